The third-order valence-corrected chi connectivity index (χ3v) is 2.33. The van der Waals surface area contributed by atoms with Gasteiger partial charge in [-0.2, -0.15) is 0 Å². The van der Waals surface area contributed by atoms with Crippen LogP contribution in [0.2, 0.25) is 0 Å². The Balaban J connectivity index is 0. The molecular weight excluding hydrogens is 208 g/mol. The van der Waals surface area contributed by atoms with E-state index >= 15 is 0 Å². The van der Waals surface area contributed by atoms with Gasteiger partial charge in [-0.25, -0.2) is 0 Å². The highest BCUT2D eigenvalue weighted by molar-refractivity contribution is 6.17. The van der Waals surface area contributed by atoms with Gasteiger partial charge in [-0.3, -0.25) is 0 Å². The third kappa shape index (κ3) is 20.4. The zero-order valence-corrected chi connectivity index (χ0v) is 11.6. The zero-order valence-electron chi connectivity index (χ0n) is 10.9. The van der Waals surface area contributed by atoms with Gasteiger partial charge in [0.15, 0.2) is 0 Å². The first kappa shape index (κ1) is 17.6. The highest BCUT2D eigenvalue weighted by atomic mass is 35.5. The van der Waals surface area contributed by atoms with Gasteiger partial charge in [-0.15, -0.1) is 11.6 Å². The topological polar surface area (TPSA) is 9.23 Å². The summed E-state index contributed by atoms with van der Waals surface area (Å²) >= 11 is 5.57. The van der Waals surface area contributed by atoms with Crippen LogP contribution in [0.4, 0.5) is 0 Å². The van der Waals surface area contributed by atoms with Crippen molar-refractivity contribution in [2.45, 2.75) is 65.7 Å². The van der Waals surface area contributed by atoms with Gasteiger partial charge in [0.1, 0.15) is 0 Å². The fourth-order valence-electron chi connectivity index (χ4n) is 1.21. The van der Waals surface area contributed by atoms with Crippen LogP contribution in [0.3, 0.4) is 0 Å². The van der Waals surface area contributed by atoms with Crippen molar-refractivity contribution in [2.75, 3.05) is 19.1 Å². The minimum absolute atomic E-state index is 0.803. The Morgan fingerprint density at radius 1 is 0.800 bits per heavy atom. The van der Waals surface area contributed by atoms with E-state index in [1.807, 2.05) is 13.8 Å². The smallest absolute Gasteiger partial charge is 0.0466 e. The number of alkyl halides is 1. The molecule has 0 bridgehead atoms. The van der Waals surface area contributed by atoms with Crippen LogP contribution < -0.4 is 0 Å². The van der Waals surface area contributed by atoms with E-state index in [2.05, 4.69) is 6.92 Å². The first-order valence-electron chi connectivity index (χ1n) is 6.55. The van der Waals surface area contributed by atoms with Gasteiger partial charge in [0.25, 0.3) is 0 Å². The number of ether oxygens (including phenoxy) is 1. The van der Waals surface area contributed by atoms with Crippen molar-refractivity contribution in [3.8, 4) is 0 Å². The molecular formula is C13H29ClO. The third-order valence-electron chi connectivity index (χ3n) is 2.06. The first-order chi connectivity index (χ1) is 7.41. The molecule has 0 fully saturated rings. The largest absolute Gasteiger partial charge is 0.381 e. The quantitative estimate of drug-likeness (QED) is 0.382. The Kier molecular flexibility index (Phi) is 23.2. The molecule has 0 aromatic rings. The predicted octanol–water partition coefficient (Wildman–Crippen LogP) is 5.02. The normalized spacial score (nSPS) is 9.60. The number of rotatable bonds is 10. The molecule has 0 amide bonds. The molecule has 0 aromatic heterocycles. The maximum atomic E-state index is 5.57. The van der Waals surface area contributed by atoms with Crippen LogP contribution in [0, 0.1) is 0 Å². The Bertz CT molecular complexity index is 76.6. The second kappa shape index (κ2) is 19.8. The van der Waals surface area contributed by atoms with Crippen LogP contribution >= 0.6 is 11.6 Å². The van der Waals surface area contributed by atoms with E-state index in [1.54, 1.807) is 0 Å². The minimum Gasteiger partial charge on any atom is -0.381 e. The molecule has 0 aliphatic rings. The molecule has 0 saturated heterocycles. The summed E-state index contributed by atoms with van der Waals surface area (Å²) in [5.41, 5.74) is 0. The lowest BCUT2D eigenvalue weighted by Crippen LogP contribution is -1.96. The van der Waals surface area contributed by atoms with Crippen LogP contribution in [-0.4, -0.2) is 19.1 Å². The Morgan fingerprint density at radius 2 is 1.33 bits per heavy atom. The van der Waals surface area contributed by atoms with Crippen molar-refractivity contribution >= 4 is 11.6 Å². The number of hydrogen-bond donors (Lipinski definition) is 0. The van der Waals surface area contributed by atoms with Crippen molar-refractivity contribution in [1.82, 2.24) is 0 Å². The summed E-state index contributed by atoms with van der Waals surface area (Å²) in [6.07, 6.45) is 8.66. The minimum atomic E-state index is 0.803. The fraction of sp³-hybridized carbons (Fsp3) is 1.00. The summed E-state index contributed by atoms with van der Waals surface area (Å²) in [6.45, 7) is 8.10. The number of halogens is 1. The lowest BCUT2D eigenvalue weighted by Gasteiger charge is -2.02. The summed E-state index contributed by atoms with van der Waals surface area (Å²) in [5, 5.41) is 0. The Morgan fingerprint density at radius 3 is 1.87 bits per heavy atom. The van der Waals surface area contributed by atoms with E-state index in [4.69, 9.17) is 16.3 Å². The van der Waals surface area contributed by atoms with Crippen LogP contribution in [0.1, 0.15) is 65.7 Å². The van der Waals surface area contributed by atoms with E-state index in [9.17, 15) is 0 Å². The van der Waals surface area contributed by atoms with Crippen molar-refractivity contribution < 1.29 is 4.74 Å². The monoisotopic (exact) mass is 236 g/mol. The van der Waals surface area contributed by atoms with Crippen molar-refractivity contribution in [2.24, 2.45) is 0 Å². The van der Waals surface area contributed by atoms with E-state index in [1.165, 1.54) is 38.5 Å². The molecule has 0 unspecified atom stereocenters. The van der Waals surface area contributed by atoms with Crippen molar-refractivity contribution in [3.63, 3.8) is 0 Å². The molecule has 94 valence electrons. The molecule has 0 heterocycles. The summed E-state index contributed by atoms with van der Waals surface area (Å²) in [5.74, 6) is 0.803. The van der Waals surface area contributed by atoms with Gasteiger partial charge >= 0.3 is 0 Å². The number of unbranched alkanes of at least 4 members (excludes halogenated alkanes) is 5. The molecule has 1 nitrogen and oxygen atoms in total. The summed E-state index contributed by atoms with van der Waals surface area (Å²) < 4.78 is 5.48. The van der Waals surface area contributed by atoms with Gasteiger partial charge in [-0.1, -0.05) is 46.5 Å². The molecule has 0 saturated carbocycles. The van der Waals surface area contributed by atoms with Crippen molar-refractivity contribution in [1.29, 1.82) is 0 Å². The second-order valence-electron chi connectivity index (χ2n) is 3.42. The van der Waals surface area contributed by atoms with Gasteiger partial charge in [0, 0.05) is 19.1 Å². The molecule has 15 heavy (non-hydrogen) atoms. The van der Waals surface area contributed by atoms with E-state index in [-0.39, 0.29) is 0 Å². The fourth-order valence-corrected chi connectivity index (χ4v) is 1.40. The molecule has 2 heteroatoms. The van der Waals surface area contributed by atoms with Crippen molar-refractivity contribution in [3.05, 3.63) is 0 Å². The maximum absolute atomic E-state index is 5.57. The first-order valence-corrected chi connectivity index (χ1v) is 7.09. The average Bonchev–Trinajstić information content (AvgIpc) is 2.30. The maximum Gasteiger partial charge on any atom is 0.0466 e. The standard InChI is InChI=1S/C11H23ClO.C2H6/c1-2-3-7-10-13-11-8-5-4-6-9-12;1-2/h2-11H2,1H3;1-2H3. The molecule has 0 aliphatic carbocycles. The van der Waals surface area contributed by atoms with E-state index < -0.39 is 0 Å². The molecule has 0 aromatic carbocycles. The SMILES string of the molecule is CC.CCCCCOCCCCCCCl. The van der Waals surface area contributed by atoms with Gasteiger partial charge in [0.05, 0.1) is 0 Å². The molecule has 0 spiro atoms. The zero-order chi connectivity index (χ0) is 11.8. The second-order valence-corrected chi connectivity index (χ2v) is 3.80. The Hall–Kier alpha value is 0.250. The molecule has 0 radical (unpaired) electrons. The predicted molar refractivity (Wildman–Crippen MR) is 70.9 cm³/mol. The Labute approximate surface area is 102 Å². The van der Waals surface area contributed by atoms with Crippen LogP contribution in [0.5, 0.6) is 0 Å². The van der Waals surface area contributed by atoms with Crippen LogP contribution in [0.25, 0.3) is 0 Å². The molecule has 0 N–H and O–H groups in total. The van der Waals surface area contributed by atoms with Crippen LogP contribution in [-0.2, 0) is 4.74 Å². The highest BCUT2D eigenvalue weighted by Crippen LogP contribution is 2.02. The van der Waals surface area contributed by atoms with Gasteiger partial charge < -0.3 is 4.74 Å². The average molecular weight is 237 g/mol. The van der Waals surface area contributed by atoms with Gasteiger partial charge in [-0.05, 0) is 19.3 Å². The molecule has 0 rings (SSSR count). The lowest BCUT2D eigenvalue weighted by atomic mass is 10.2. The summed E-state index contributed by atoms with van der Waals surface area (Å²) in [7, 11) is 0. The summed E-state index contributed by atoms with van der Waals surface area (Å²) in [6, 6.07) is 0. The van der Waals surface area contributed by atoms with Crippen LogP contribution in [0.15, 0.2) is 0 Å². The molecule has 0 aliphatic heterocycles. The molecule has 0 atom stereocenters. The summed E-state index contributed by atoms with van der Waals surface area (Å²) in [4.78, 5) is 0. The van der Waals surface area contributed by atoms with Gasteiger partial charge in [0.2, 0.25) is 0 Å². The highest BCUT2D eigenvalue weighted by Gasteiger charge is 1.90. The van der Waals surface area contributed by atoms with E-state index in [0.717, 1.165) is 25.5 Å². The lowest BCUT2D eigenvalue weighted by molar-refractivity contribution is 0.126. The number of hydrogen-bond acceptors (Lipinski definition) is 1. The van der Waals surface area contributed by atoms with E-state index in [0.29, 0.717) is 0 Å².